The average molecular weight is 250 g/mol. The van der Waals surface area contributed by atoms with E-state index in [1.54, 1.807) is 13.2 Å². The third-order valence-electron chi connectivity index (χ3n) is 2.11. The minimum absolute atomic E-state index is 0.132. The number of thioether (sulfide) groups is 1. The second kappa shape index (κ2) is 5.01. The van der Waals surface area contributed by atoms with Gasteiger partial charge >= 0.3 is 5.97 Å². The second-order valence-corrected chi connectivity index (χ2v) is 4.27. The smallest absolute Gasteiger partial charge is 0.339 e. The van der Waals surface area contributed by atoms with Crippen LogP contribution < -0.4 is 0 Å². The Hall–Kier alpha value is -1.82. The third kappa shape index (κ3) is 2.85. The van der Waals surface area contributed by atoms with Gasteiger partial charge in [-0.15, -0.1) is 0 Å². The Kier molecular flexibility index (Phi) is 3.43. The van der Waals surface area contributed by atoms with Crippen molar-refractivity contribution in [1.82, 2.24) is 9.97 Å². The molecule has 5 nitrogen and oxygen atoms in total. The molecule has 0 amide bonds. The quantitative estimate of drug-likeness (QED) is 0.663. The summed E-state index contributed by atoms with van der Waals surface area (Å²) in [6.45, 7) is 1.65. The molecule has 2 aromatic heterocycles. The van der Waals surface area contributed by atoms with Crippen LogP contribution in [0.15, 0.2) is 34.2 Å². The normalized spacial score (nSPS) is 10.4. The lowest BCUT2D eigenvalue weighted by atomic mass is 10.2. The monoisotopic (exact) mass is 250 g/mol. The summed E-state index contributed by atoms with van der Waals surface area (Å²) >= 11 is 1.40. The van der Waals surface area contributed by atoms with Crippen molar-refractivity contribution in [2.45, 2.75) is 17.8 Å². The lowest BCUT2D eigenvalue weighted by Gasteiger charge is -2.02. The topological polar surface area (TPSA) is 76.2 Å². The summed E-state index contributed by atoms with van der Waals surface area (Å²) in [5, 5.41) is 9.38. The summed E-state index contributed by atoms with van der Waals surface area (Å²) in [4.78, 5) is 18.9. The van der Waals surface area contributed by atoms with Crippen molar-refractivity contribution < 1.29 is 14.3 Å². The summed E-state index contributed by atoms with van der Waals surface area (Å²) < 4.78 is 5.18. The summed E-state index contributed by atoms with van der Waals surface area (Å²) in [7, 11) is 0. The zero-order valence-electron chi connectivity index (χ0n) is 9.08. The molecule has 0 unspecified atom stereocenters. The number of rotatable bonds is 4. The summed E-state index contributed by atoms with van der Waals surface area (Å²) in [6.07, 6.45) is 2.94. The average Bonchev–Trinajstić information content (AvgIpc) is 2.78. The minimum atomic E-state index is -1.01. The number of carboxylic acids is 1. The zero-order chi connectivity index (χ0) is 12.3. The fourth-order valence-electron chi connectivity index (χ4n) is 1.26. The van der Waals surface area contributed by atoms with Crippen LogP contribution in [-0.4, -0.2) is 21.0 Å². The lowest BCUT2D eigenvalue weighted by molar-refractivity contribution is 0.0695. The van der Waals surface area contributed by atoms with Crippen molar-refractivity contribution in [2.75, 3.05) is 0 Å². The Bertz CT molecular complexity index is 526. The van der Waals surface area contributed by atoms with E-state index in [1.165, 1.54) is 18.0 Å². The SMILES string of the molecule is Cc1nc(SCc2ccco2)ncc1C(=O)O. The molecule has 0 atom stereocenters. The number of hydrogen-bond donors (Lipinski definition) is 1. The Balaban J connectivity index is 2.07. The van der Waals surface area contributed by atoms with Gasteiger partial charge in [0.05, 0.1) is 23.3 Å². The molecule has 0 aliphatic rings. The first kappa shape index (κ1) is 11.7. The highest BCUT2D eigenvalue weighted by molar-refractivity contribution is 7.98. The van der Waals surface area contributed by atoms with Crippen molar-refractivity contribution in [3.63, 3.8) is 0 Å². The van der Waals surface area contributed by atoms with Crippen LogP contribution in [0.4, 0.5) is 0 Å². The van der Waals surface area contributed by atoms with Crippen molar-refractivity contribution in [3.05, 3.63) is 41.6 Å². The summed E-state index contributed by atoms with van der Waals surface area (Å²) in [6, 6.07) is 3.68. The molecule has 0 spiro atoms. The molecule has 2 heterocycles. The molecule has 0 fully saturated rings. The Morgan fingerprint density at radius 3 is 3.00 bits per heavy atom. The third-order valence-corrected chi connectivity index (χ3v) is 3.00. The number of aryl methyl sites for hydroxylation is 1. The Morgan fingerprint density at radius 1 is 1.59 bits per heavy atom. The zero-order valence-corrected chi connectivity index (χ0v) is 9.90. The van der Waals surface area contributed by atoms with Gasteiger partial charge in [0.25, 0.3) is 0 Å². The number of carboxylic acid groups (broad SMARTS) is 1. The predicted molar refractivity (Wildman–Crippen MR) is 62.0 cm³/mol. The van der Waals surface area contributed by atoms with Gasteiger partial charge < -0.3 is 9.52 Å². The highest BCUT2D eigenvalue weighted by Crippen LogP contribution is 2.20. The van der Waals surface area contributed by atoms with E-state index in [0.29, 0.717) is 16.6 Å². The van der Waals surface area contributed by atoms with Crippen LogP contribution in [0.2, 0.25) is 0 Å². The fourth-order valence-corrected chi connectivity index (χ4v) is 2.02. The lowest BCUT2D eigenvalue weighted by Crippen LogP contribution is -2.03. The maximum Gasteiger partial charge on any atom is 0.339 e. The van der Waals surface area contributed by atoms with Crippen LogP contribution in [0.25, 0.3) is 0 Å². The Labute approximate surface area is 102 Å². The van der Waals surface area contributed by atoms with E-state index in [0.717, 1.165) is 5.76 Å². The second-order valence-electron chi connectivity index (χ2n) is 3.32. The number of nitrogens with zero attached hydrogens (tertiary/aromatic N) is 2. The molecule has 2 aromatic rings. The van der Waals surface area contributed by atoms with Crippen molar-refractivity contribution in [1.29, 1.82) is 0 Å². The number of aromatic carboxylic acids is 1. The molecule has 0 saturated carbocycles. The van der Waals surface area contributed by atoms with Gasteiger partial charge in [-0.2, -0.15) is 0 Å². The van der Waals surface area contributed by atoms with Gasteiger partial charge in [-0.05, 0) is 19.1 Å². The van der Waals surface area contributed by atoms with Crippen LogP contribution in [0, 0.1) is 6.92 Å². The molecule has 0 aromatic carbocycles. The number of hydrogen-bond acceptors (Lipinski definition) is 5. The molecule has 0 bridgehead atoms. The predicted octanol–water partition coefficient (Wildman–Crippen LogP) is 2.37. The van der Waals surface area contributed by atoms with Gasteiger partial charge in [0.15, 0.2) is 5.16 Å². The van der Waals surface area contributed by atoms with Crippen molar-refractivity contribution >= 4 is 17.7 Å². The van der Waals surface area contributed by atoms with E-state index in [2.05, 4.69) is 9.97 Å². The molecule has 0 aliphatic carbocycles. The van der Waals surface area contributed by atoms with Crippen LogP contribution in [0.3, 0.4) is 0 Å². The van der Waals surface area contributed by atoms with Crippen LogP contribution in [0.5, 0.6) is 0 Å². The van der Waals surface area contributed by atoms with Crippen molar-refractivity contribution in [3.8, 4) is 0 Å². The summed E-state index contributed by atoms with van der Waals surface area (Å²) in [5.41, 5.74) is 0.599. The number of furan rings is 1. The molecule has 0 radical (unpaired) electrons. The number of aromatic nitrogens is 2. The maximum absolute atomic E-state index is 10.8. The molecule has 88 valence electrons. The maximum atomic E-state index is 10.8. The molecule has 2 rings (SSSR count). The molecular formula is C11H10N2O3S. The van der Waals surface area contributed by atoms with Crippen LogP contribution in [0.1, 0.15) is 21.8 Å². The highest BCUT2D eigenvalue weighted by Gasteiger charge is 2.10. The van der Waals surface area contributed by atoms with Gasteiger partial charge in [-0.25, -0.2) is 14.8 Å². The minimum Gasteiger partial charge on any atom is -0.478 e. The van der Waals surface area contributed by atoms with E-state index in [1.807, 2.05) is 12.1 Å². The molecule has 6 heteroatoms. The highest BCUT2D eigenvalue weighted by atomic mass is 32.2. The van der Waals surface area contributed by atoms with E-state index >= 15 is 0 Å². The first-order valence-electron chi connectivity index (χ1n) is 4.89. The van der Waals surface area contributed by atoms with E-state index in [-0.39, 0.29) is 5.56 Å². The van der Waals surface area contributed by atoms with E-state index < -0.39 is 5.97 Å². The van der Waals surface area contributed by atoms with Crippen molar-refractivity contribution in [2.24, 2.45) is 0 Å². The molecular weight excluding hydrogens is 240 g/mol. The molecule has 1 N–H and O–H groups in total. The fraction of sp³-hybridized carbons (Fsp3) is 0.182. The molecule has 0 aliphatic heterocycles. The van der Waals surface area contributed by atoms with Gasteiger partial charge in [0.1, 0.15) is 5.76 Å². The standard InChI is InChI=1S/C11H10N2O3S/c1-7-9(10(14)15)5-12-11(13-7)17-6-8-3-2-4-16-8/h2-5H,6H2,1H3,(H,14,15). The van der Waals surface area contributed by atoms with E-state index in [9.17, 15) is 4.79 Å². The van der Waals surface area contributed by atoms with Gasteiger partial charge in [0.2, 0.25) is 0 Å². The van der Waals surface area contributed by atoms with Gasteiger partial charge in [-0.3, -0.25) is 0 Å². The van der Waals surface area contributed by atoms with Gasteiger partial charge in [-0.1, -0.05) is 11.8 Å². The van der Waals surface area contributed by atoms with Crippen LogP contribution in [-0.2, 0) is 5.75 Å². The summed E-state index contributed by atoms with van der Waals surface area (Å²) in [5.74, 6) is 0.447. The number of carbonyl (C=O) groups is 1. The van der Waals surface area contributed by atoms with Crippen LogP contribution >= 0.6 is 11.8 Å². The van der Waals surface area contributed by atoms with E-state index in [4.69, 9.17) is 9.52 Å². The van der Waals surface area contributed by atoms with Gasteiger partial charge in [0, 0.05) is 6.20 Å². The Morgan fingerprint density at radius 2 is 2.41 bits per heavy atom. The molecule has 0 saturated heterocycles. The molecule has 17 heavy (non-hydrogen) atoms. The largest absolute Gasteiger partial charge is 0.478 e. The first-order valence-corrected chi connectivity index (χ1v) is 5.87. The first-order chi connectivity index (χ1) is 8.16.